The summed E-state index contributed by atoms with van der Waals surface area (Å²) < 4.78 is 27.1. The van der Waals surface area contributed by atoms with E-state index in [1.807, 2.05) is 0 Å². The van der Waals surface area contributed by atoms with E-state index in [1.54, 1.807) is 12.1 Å². The first-order chi connectivity index (χ1) is 8.99. The lowest BCUT2D eigenvalue weighted by molar-refractivity contribution is 0.587. The van der Waals surface area contributed by atoms with Crippen molar-refractivity contribution in [2.45, 2.75) is 6.54 Å². The van der Waals surface area contributed by atoms with Crippen LogP contribution in [0, 0.1) is 11.6 Å². The summed E-state index contributed by atoms with van der Waals surface area (Å²) in [5.41, 5.74) is 0.772. The predicted molar refractivity (Wildman–Crippen MR) is 77.8 cm³/mol. The summed E-state index contributed by atoms with van der Waals surface area (Å²) in [5, 5.41) is 3.62. The van der Waals surface area contributed by atoms with Crippen LogP contribution in [0.4, 0.5) is 14.5 Å². The Morgan fingerprint density at radius 2 is 1.79 bits per heavy atom. The van der Waals surface area contributed by atoms with Crippen molar-refractivity contribution in [2.24, 2.45) is 0 Å². The largest absolute Gasteiger partial charge is 0.380 e. The highest BCUT2D eigenvalue weighted by Crippen LogP contribution is 2.36. The molecule has 0 bridgehead atoms. The van der Waals surface area contributed by atoms with Gasteiger partial charge in [-0.3, -0.25) is 0 Å². The monoisotopic (exact) mass is 365 g/mol. The molecule has 6 heteroatoms. The maximum Gasteiger partial charge on any atom is 0.128 e. The number of nitrogens with one attached hydrogen (secondary N) is 1. The lowest BCUT2D eigenvalue weighted by Gasteiger charge is -2.11. The van der Waals surface area contributed by atoms with Gasteiger partial charge in [-0.2, -0.15) is 0 Å². The van der Waals surface area contributed by atoms with Crippen molar-refractivity contribution >= 4 is 44.8 Å². The molecule has 0 spiro atoms. The van der Waals surface area contributed by atoms with Gasteiger partial charge in [-0.05, 0) is 46.3 Å². The second-order valence-corrected chi connectivity index (χ2v) is 5.42. The fraction of sp³-hybridized carbons (Fsp3) is 0.0769. The summed E-state index contributed by atoms with van der Waals surface area (Å²) in [5.74, 6) is -0.966. The molecule has 0 aromatic heterocycles. The average Bonchev–Trinajstić information content (AvgIpc) is 2.39. The molecule has 0 aliphatic heterocycles. The Bertz CT molecular complexity index is 620. The van der Waals surface area contributed by atoms with Crippen LogP contribution in [0.15, 0.2) is 34.8 Å². The van der Waals surface area contributed by atoms with Gasteiger partial charge in [-0.1, -0.05) is 23.2 Å². The van der Waals surface area contributed by atoms with E-state index in [-0.39, 0.29) is 12.1 Å². The zero-order valence-corrected chi connectivity index (χ0v) is 12.6. The third-order valence-electron chi connectivity index (χ3n) is 2.51. The van der Waals surface area contributed by atoms with Gasteiger partial charge in [0, 0.05) is 16.6 Å². The first kappa shape index (κ1) is 14.6. The van der Waals surface area contributed by atoms with Crippen LogP contribution in [-0.2, 0) is 6.54 Å². The highest BCUT2D eigenvalue weighted by atomic mass is 79.9. The molecule has 2 aromatic rings. The number of anilines is 1. The van der Waals surface area contributed by atoms with E-state index >= 15 is 0 Å². The van der Waals surface area contributed by atoms with Crippen LogP contribution in [0.3, 0.4) is 0 Å². The van der Waals surface area contributed by atoms with Gasteiger partial charge in [0.25, 0.3) is 0 Å². The second kappa shape index (κ2) is 6.07. The Hall–Kier alpha value is -0.840. The van der Waals surface area contributed by atoms with Gasteiger partial charge < -0.3 is 5.32 Å². The third-order valence-corrected chi connectivity index (χ3v) is 4.28. The van der Waals surface area contributed by atoms with Crippen LogP contribution >= 0.6 is 39.1 Å². The van der Waals surface area contributed by atoms with Gasteiger partial charge in [-0.15, -0.1) is 0 Å². The van der Waals surface area contributed by atoms with Crippen LogP contribution in [0.2, 0.25) is 10.0 Å². The van der Waals surface area contributed by atoms with Gasteiger partial charge >= 0.3 is 0 Å². The Morgan fingerprint density at radius 1 is 1.05 bits per heavy atom. The summed E-state index contributed by atoms with van der Waals surface area (Å²) in [6.07, 6.45) is 0. The molecular formula is C13H8BrCl2F2N. The van der Waals surface area contributed by atoms with Crippen LogP contribution in [0.1, 0.15) is 5.56 Å². The normalized spacial score (nSPS) is 10.6. The SMILES string of the molecule is Fc1ccc(F)c(CNc2ccc(Br)c(Cl)c2Cl)c1. The van der Waals surface area contributed by atoms with Crippen molar-refractivity contribution in [1.29, 1.82) is 0 Å². The van der Waals surface area contributed by atoms with Crippen molar-refractivity contribution in [3.63, 3.8) is 0 Å². The van der Waals surface area contributed by atoms with E-state index in [1.165, 1.54) is 0 Å². The van der Waals surface area contributed by atoms with Gasteiger partial charge in [0.05, 0.1) is 15.7 Å². The lowest BCUT2D eigenvalue weighted by Crippen LogP contribution is -2.03. The molecule has 0 radical (unpaired) electrons. The third kappa shape index (κ3) is 3.38. The number of halogens is 5. The summed E-state index contributed by atoms with van der Waals surface area (Å²) in [4.78, 5) is 0. The van der Waals surface area contributed by atoms with Crippen LogP contribution in [0.25, 0.3) is 0 Å². The standard InChI is InChI=1S/C13H8BrCl2F2N/c14-9-2-4-11(13(16)12(9)15)19-6-7-5-8(17)1-3-10(7)18/h1-5,19H,6H2. The Labute approximate surface area is 127 Å². The molecule has 0 saturated carbocycles. The highest BCUT2D eigenvalue weighted by molar-refractivity contribution is 9.10. The molecule has 100 valence electrons. The average molecular weight is 367 g/mol. The van der Waals surface area contributed by atoms with E-state index in [4.69, 9.17) is 23.2 Å². The fourth-order valence-electron chi connectivity index (χ4n) is 1.53. The van der Waals surface area contributed by atoms with Crippen molar-refractivity contribution < 1.29 is 8.78 Å². The molecule has 2 aromatic carbocycles. The Kier molecular flexibility index (Phi) is 4.66. The second-order valence-electron chi connectivity index (χ2n) is 3.81. The minimum Gasteiger partial charge on any atom is -0.380 e. The quantitative estimate of drug-likeness (QED) is 0.692. The van der Waals surface area contributed by atoms with Gasteiger partial charge in [0.15, 0.2) is 0 Å². The Morgan fingerprint density at radius 3 is 2.53 bits per heavy atom. The van der Waals surface area contributed by atoms with Gasteiger partial charge in [-0.25, -0.2) is 8.78 Å². The molecule has 1 N–H and O–H groups in total. The van der Waals surface area contributed by atoms with Crippen LogP contribution < -0.4 is 5.32 Å². The summed E-state index contributed by atoms with van der Waals surface area (Å²) in [6, 6.07) is 6.72. The summed E-state index contributed by atoms with van der Waals surface area (Å²) >= 11 is 15.3. The highest BCUT2D eigenvalue weighted by Gasteiger charge is 2.09. The van der Waals surface area contributed by atoms with E-state index in [9.17, 15) is 8.78 Å². The molecule has 0 amide bonds. The molecule has 0 unspecified atom stereocenters. The zero-order chi connectivity index (χ0) is 14.0. The molecule has 0 aliphatic rings. The summed E-state index contributed by atoms with van der Waals surface area (Å²) in [6.45, 7) is 0.112. The lowest BCUT2D eigenvalue weighted by atomic mass is 10.2. The number of benzene rings is 2. The van der Waals surface area contributed by atoms with Gasteiger partial charge in [0.2, 0.25) is 0 Å². The van der Waals surface area contributed by atoms with Crippen LogP contribution in [-0.4, -0.2) is 0 Å². The van der Waals surface area contributed by atoms with E-state index in [0.29, 0.717) is 20.2 Å². The van der Waals surface area contributed by atoms with E-state index in [2.05, 4.69) is 21.2 Å². The van der Waals surface area contributed by atoms with Gasteiger partial charge in [0.1, 0.15) is 11.6 Å². The topological polar surface area (TPSA) is 12.0 Å². The molecule has 2 rings (SSSR count). The minimum atomic E-state index is -0.488. The first-order valence-corrected chi connectivity index (χ1v) is 6.85. The number of hydrogen-bond donors (Lipinski definition) is 1. The molecule has 0 fully saturated rings. The first-order valence-electron chi connectivity index (χ1n) is 5.30. The maximum absolute atomic E-state index is 13.4. The predicted octanol–water partition coefficient (Wildman–Crippen LogP) is 5.65. The zero-order valence-electron chi connectivity index (χ0n) is 9.48. The van der Waals surface area contributed by atoms with Crippen LogP contribution in [0.5, 0.6) is 0 Å². The van der Waals surface area contributed by atoms with Crippen molar-refractivity contribution in [3.05, 3.63) is 62.0 Å². The molecule has 0 atom stereocenters. The molecular weight excluding hydrogens is 359 g/mol. The number of rotatable bonds is 3. The summed E-state index contributed by atoms with van der Waals surface area (Å²) in [7, 11) is 0. The Balaban J connectivity index is 2.19. The van der Waals surface area contributed by atoms with Crippen molar-refractivity contribution in [3.8, 4) is 0 Å². The molecule has 0 aliphatic carbocycles. The molecule has 0 heterocycles. The van der Waals surface area contributed by atoms with Crippen molar-refractivity contribution in [1.82, 2.24) is 0 Å². The maximum atomic E-state index is 13.4. The van der Waals surface area contributed by atoms with Crippen molar-refractivity contribution in [2.75, 3.05) is 5.32 Å². The minimum absolute atomic E-state index is 0.112. The molecule has 0 saturated heterocycles. The number of hydrogen-bond acceptors (Lipinski definition) is 1. The molecule has 19 heavy (non-hydrogen) atoms. The molecule has 1 nitrogen and oxygen atoms in total. The van der Waals surface area contributed by atoms with E-state index in [0.717, 1.165) is 18.2 Å². The smallest absolute Gasteiger partial charge is 0.128 e. The van der Waals surface area contributed by atoms with E-state index < -0.39 is 11.6 Å². The fourth-order valence-corrected chi connectivity index (χ4v) is 2.37.